The lowest BCUT2D eigenvalue weighted by atomic mass is 10.1. The molecule has 0 spiro atoms. The lowest BCUT2D eigenvalue weighted by Gasteiger charge is -2.14. The molecule has 0 fully saturated rings. The zero-order valence-electron chi connectivity index (χ0n) is 14.4. The van der Waals surface area contributed by atoms with E-state index in [1.54, 1.807) is 0 Å². The van der Waals surface area contributed by atoms with E-state index in [9.17, 15) is 0 Å². The summed E-state index contributed by atoms with van der Waals surface area (Å²) < 4.78 is 5.70. The van der Waals surface area contributed by atoms with Crippen LogP contribution in [-0.4, -0.2) is 12.6 Å². The van der Waals surface area contributed by atoms with Gasteiger partial charge in [0.15, 0.2) is 0 Å². The van der Waals surface area contributed by atoms with Crippen molar-refractivity contribution < 1.29 is 4.74 Å². The molecule has 2 aromatic rings. The largest absolute Gasteiger partial charge is 0.494 e. The second-order valence-electron chi connectivity index (χ2n) is 6.15. The molecule has 2 aromatic carbocycles. The molecule has 0 aliphatic heterocycles. The van der Waals surface area contributed by atoms with Crippen LogP contribution in [0.1, 0.15) is 44.2 Å². The van der Waals surface area contributed by atoms with Crippen molar-refractivity contribution in [2.24, 2.45) is 0 Å². The highest BCUT2D eigenvalue weighted by molar-refractivity contribution is 5.27. The number of aryl methyl sites for hydroxylation is 1. The minimum Gasteiger partial charge on any atom is -0.494 e. The third kappa shape index (κ3) is 6.87. The van der Waals surface area contributed by atoms with Crippen molar-refractivity contribution in [2.45, 2.75) is 52.1 Å². The van der Waals surface area contributed by atoms with Crippen LogP contribution in [0.15, 0.2) is 54.6 Å². The van der Waals surface area contributed by atoms with Crippen LogP contribution in [-0.2, 0) is 13.0 Å². The molecule has 0 heterocycles. The van der Waals surface area contributed by atoms with E-state index in [1.165, 1.54) is 17.5 Å². The molecule has 124 valence electrons. The summed E-state index contributed by atoms with van der Waals surface area (Å²) in [7, 11) is 0. The van der Waals surface area contributed by atoms with Gasteiger partial charge in [-0.3, -0.25) is 0 Å². The molecule has 0 aliphatic carbocycles. The van der Waals surface area contributed by atoms with Gasteiger partial charge in [0, 0.05) is 12.6 Å². The van der Waals surface area contributed by atoms with Crippen molar-refractivity contribution in [1.82, 2.24) is 5.32 Å². The van der Waals surface area contributed by atoms with Gasteiger partial charge in [-0.15, -0.1) is 0 Å². The van der Waals surface area contributed by atoms with Crippen LogP contribution in [0.2, 0.25) is 0 Å². The zero-order valence-corrected chi connectivity index (χ0v) is 14.4. The summed E-state index contributed by atoms with van der Waals surface area (Å²) >= 11 is 0. The summed E-state index contributed by atoms with van der Waals surface area (Å²) in [6.07, 6.45) is 4.53. The van der Waals surface area contributed by atoms with Gasteiger partial charge in [0.05, 0.1) is 6.61 Å². The van der Waals surface area contributed by atoms with E-state index in [0.29, 0.717) is 6.04 Å². The maximum atomic E-state index is 5.70. The zero-order chi connectivity index (χ0) is 16.3. The number of unbranched alkanes of at least 4 members (excludes halogenated alkanes) is 1. The Kier molecular flexibility index (Phi) is 7.68. The highest BCUT2D eigenvalue weighted by Crippen LogP contribution is 2.14. The smallest absolute Gasteiger partial charge is 0.119 e. The van der Waals surface area contributed by atoms with Crippen LogP contribution < -0.4 is 10.1 Å². The lowest BCUT2D eigenvalue weighted by Crippen LogP contribution is -2.25. The summed E-state index contributed by atoms with van der Waals surface area (Å²) in [5.41, 5.74) is 2.72. The van der Waals surface area contributed by atoms with Crippen LogP contribution in [0.4, 0.5) is 0 Å². The Labute approximate surface area is 140 Å². The van der Waals surface area contributed by atoms with Gasteiger partial charge in [0.2, 0.25) is 0 Å². The van der Waals surface area contributed by atoms with E-state index in [2.05, 4.69) is 73.8 Å². The Balaban J connectivity index is 1.68. The Morgan fingerprint density at radius 2 is 1.70 bits per heavy atom. The molecule has 0 radical (unpaired) electrons. The van der Waals surface area contributed by atoms with Crippen molar-refractivity contribution in [1.29, 1.82) is 0 Å². The number of hydrogen-bond donors (Lipinski definition) is 1. The summed E-state index contributed by atoms with van der Waals surface area (Å²) in [5.74, 6) is 0.984. The second kappa shape index (κ2) is 10.1. The molecule has 0 aromatic heterocycles. The SMILES string of the molecule is CCCCOc1ccc(CCC(C)NCc2ccccc2)cc1. The molecule has 1 N–H and O–H groups in total. The van der Waals surface area contributed by atoms with Gasteiger partial charge in [0.25, 0.3) is 0 Å². The molecule has 0 saturated heterocycles. The molecule has 2 nitrogen and oxygen atoms in total. The molecular formula is C21H29NO. The number of benzene rings is 2. The van der Waals surface area contributed by atoms with E-state index < -0.39 is 0 Å². The molecule has 23 heavy (non-hydrogen) atoms. The minimum atomic E-state index is 0.510. The number of rotatable bonds is 10. The Hall–Kier alpha value is -1.80. The molecule has 2 rings (SSSR count). The van der Waals surface area contributed by atoms with Crippen LogP contribution in [0.3, 0.4) is 0 Å². The van der Waals surface area contributed by atoms with Gasteiger partial charge in [-0.1, -0.05) is 55.8 Å². The standard InChI is InChI=1S/C21H29NO/c1-3-4-16-23-21-14-12-19(13-15-21)11-10-18(2)22-17-20-8-6-5-7-9-20/h5-9,12-15,18,22H,3-4,10-11,16-17H2,1-2H3. The molecule has 0 amide bonds. The first kappa shape index (κ1) is 17.6. The Bertz CT molecular complexity index is 536. The third-order valence-corrected chi connectivity index (χ3v) is 4.05. The summed E-state index contributed by atoms with van der Waals surface area (Å²) in [5, 5.41) is 3.59. The van der Waals surface area contributed by atoms with E-state index in [1.807, 2.05) is 0 Å². The highest BCUT2D eigenvalue weighted by Gasteiger charge is 2.03. The average Bonchev–Trinajstić information content (AvgIpc) is 2.60. The first-order valence-corrected chi connectivity index (χ1v) is 8.77. The molecular weight excluding hydrogens is 282 g/mol. The van der Waals surface area contributed by atoms with E-state index in [4.69, 9.17) is 4.74 Å². The summed E-state index contributed by atoms with van der Waals surface area (Å²) in [6, 6.07) is 19.6. The van der Waals surface area contributed by atoms with E-state index in [0.717, 1.165) is 38.2 Å². The van der Waals surface area contributed by atoms with Crippen LogP contribution >= 0.6 is 0 Å². The predicted octanol–water partition coefficient (Wildman–Crippen LogP) is 4.98. The van der Waals surface area contributed by atoms with Crippen molar-refractivity contribution in [3.05, 3.63) is 65.7 Å². The van der Waals surface area contributed by atoms with Gasteiger partial charge >= 0.3 is 0 Å². The maximum absolute atomic E-state index is 5.70. The lowest BCUT2D eigenvalue weighted by molar-refractivity contribution is 0.309. The molecule has 0 aliphatic rings. The number of nitrogens with one attached hydrogen (secondary N) is 1. The fourth-order valence-electron chi connectivity index (χ4n) is 2.46. The highest BCUT2D eigenvalue weighted by atomic mass is 16.5. The maximum Gasteiger partial charge on any atom is 0.119 e. The fourth-order valence-corrected chi connectivity index (χ4v) is 2.46. The minimum absolute atomic E-state index is 0.510. The first-order valence-electron chi connectivity index (χ1n) is 8.77. The summed E-state index contributed by atoms with van der Waals surface area (Å²) in [6.45, 7) is 6.19. The predicted molar refractivity (Wildman–Crippen MR) is 97.9 cm³/mol. The number of ether oxygens (including phenoxy) is 1. The van der Waals surface area contributed by atoms with Crippen molar-refractivity contribution >= 4 is 0 Å². The topological polar surface area (TPSA) is 21.3 Å². The van der Waals surface area contributed by atoms with Crippen molar-refractivity contribution in [2.75, 3.05) is 6.61 Å². The molecule has 0 saturated carbocycles. The monoisotopic (exact) mass is 311 g/mol. The Morgan fingerprint density at radius 1 is 0.957 bits per heavy atom. The van der Waals surface area contributed by atoms with Gasteiger partial charge in [-0.05, 0) is 49.4 Å². The molecule has 0 bridgehead atoms. The van der Waals surface area contributed by atoms with E-state index >= 15 is 0 Å². The van der Waals surface area contributed by atoms with Crippen LogP contribution in [0, 0.1) is 0 Å². The molecule has 1 unspecified atom stereocenters. The van der Waals surface area contributed by atoms with Gasteiger partial charge in [-0.25, -0.2) is 0 Å². The van der Waals surface area contributed by atoms with Gasteiger partial charge in [0.1, 0.15) is 5.75 Å². The van der Waals surface area contributed by atoms with Crippen molar-refractivity contribution in [3.8, 4) is 5.75 Å². The van der Waals surface area contributed by atoms with Gasteiger partial charge < -0.3 is 10.1 Å². The quantitative estimate of drug-likeness (QED) is 0.625. The van der Waals surface area contributed by atoms with Crippen molar-refractivity contribution in [3.63, 3.8) is 0 Å². The van der Waals surface area contributed by atoms with Gasteiger partial charge in [-0.2, -0.15) is 0 Å². The van der Waals surface area contributed by atoms with E-state index in [-0.39, 0.29) is 0 Å². The Morgan fingerprint density at radius 3 is 2.39 bits per heavy atom. The summed E-state index contributed by atoms with van der Waals surface area (Å²) in [4.78, 5) is 0. The first-order chi connectivity index (χ1) is 11.3. The third-order valence-electron chi connectivity index (χ3n) is 4.05. The van der Waals surface area contributed by atoms with Crippen LogP contribution in [0.25, 0.3) is 0 Å². The van der Waals surface area contributed by atoms with Crippen LogP contribution in [0.5, 0.6) is 5.75 Å². The molecule has 1 atom stereocenters. The molecule has 2 heteroatoms. The average molecular weight is 311 g/mol. The number of hydrogen-bond acceptors (Lipinski definition) is 2. The normalized spacial score (nSPS) is 12.1. The second-order valence-corrected chi connectivity index (χ2v) is 6.15. The fraction of sp³-hybridized carbons (Fsp3) is 0.429.